The Bertz CT molecular complexity index is 499. The predicted octanol–water partition coefficient (Wildman–Crippen LogP) is 2.91. The van der Waals surface area contributed by atoms with Crippen LogP contribution in [0.3, 0.4) is 0 Å². The molecule has 0 aliphatic rings. The second kappa shape index (κ2) is 6.91. The van der Waals surface area contributed by atoms with Gasteiger partial charge < -0.3 is 5.11 Å². The van der Waals surface area contributed by atoms with E-state index < -0.39 is 10.0 Å². The van der Waals surface area contributed by atoms with E-state index in [4.69, 9.17) is 0 Å². The first kappa shape index (κ1) is 16.0. The summed E-state index contributed by atoms with van der Waals surface area (Å²) in [7, 11) is -3.24. The lowest BCUT2D eigenvalue weighted by molar-refractivity contribution is 0.355. The third-order valence-electron chi connectivity index (χ3n) is 3.21. The summed E-state index contributed by atoms with van der Waals surface area (Å²) < 4.78 is 26.1. The number of rotatable bonds is 7. The first-order chi connectivity index (χ1) is 8.92. The van der Waals surface area contributed by atoms with Crippen LogP contribution < -0.4 is 0 Å². The highest BCUT2D eigenvalue weighted by atomic mass is 32.2. The van der Waals surface area contributed by atoms with Gasteiger partial charge in [0.05, 0.1) is 5.75 Å². The van der Waals surface area contributed by atoms with Gasteiger partial charge in [0.15, 0.2) is 0 Å². The Hall–Kier alpha value is -1.07. The molecule has 0 heterocycles. The van der Waals surface area contributed by atoms with Crippen molar-refractivity contribution in [1.82, 2.24) is 4.31 Å². The number of nitrogens with zero attached hydrogens (tertiary/aromatic N) is 1. The summed E-state index contributed by atoms with van der Waals surface area (Å²) >= 11 is 0. The first-order valence-corrected chi connectivity index (χ1v) is 8.31. The molecule has 0 aliphatic heterocycles. The summed E-state index contributed by atoms with van der Waals surface area (Å²) in [6, 6.07) is 6.50. The molecule has 0 fully saturated rings. The molecule has 1 rings (SSSR count). The van der Waals surface area contributed by atoms with Gasteiger partial charge in [-0.05, 0) is 31.0 Å². The Morgan fingerprint density at radius 2 is 2.00 bits per heavy atom. The van der Waals surface area contributed by atoms with Gasteiger partial charge in [0.25, 0.3) is 0 Å². The van der Waals surface area contributed by atoms with E-state index >= 15 is 0 Å². The monoisotopic (exact) mass is 285 g/mol. The summed E-state index contributed by atoms with van der Waals surface area (Å²) in [5.74, 6) is 0.340. The molecule has 5 heteroatoms. The molecule has 1 N–H and O–H groups in total. The van der Waals surface area contributed by atoms with E-state index in [2.05, 4.69) is 0 Å². The van der Waals surface area contributed by atoms with E-state index in [1.807, 2.05) is 26.8 Å². The average Bonchev–Trinajstić information content (AvgIpc) is 2.37. The minimum atomic E-state index is -3.24. The molecule has 0 spiro atoms. The van der Waals surface area contributed by atoms with Gasteiger partial charge >= 0.3 is 0 Å². The fourth-order valence-corrected chi connectivity index (χ4v) is 3.99. The van der Waals surface area contributed by atoms with Crippen molar-refractivity contribution in [3.8, 4) is 5.75 Å². The van der Waals surface area contributed by atoms with E-state index in [-0.39, 0.29) is 17.5 Å². The molecule has 0 bridgehead atoms. The molecule has 108 valence electrons. The number of unbranched alkanes of at least 4 members (excludes halogenated alkanes) is 1. The second-order valence-corrected chi connectivity index (χ2v) is 6.68. The van der Waals surface area contributed by atoms with Crippen molar-refractivity contribution < 1.29 is 13.5 Å². The van der Waals surface area contributed by atoms with Crippen LogP contribution in [-0.2, 0) is 10.0 Å². The number of benzene rings is 1. The zero-order valence-electron chi connectivity index (χ0n) is 11.8. The molecule has 4 nitrogen and oxygen atoms in total. The molecule has 0 amide bonds. The highest BCUT2D eigenvalue weighted by Gasteiger charge is 2.26. The van der Waals surface area contributed by atoms with Gasteiger partial charge in [-0.3, -0.25) is 0 Å². The minimum absolute atomic E-state index is 0.159. The number of sulfonamides is 1. The predicted molar refractivity (Wildman–Crippen MR) is 77.6 cm³/mol. The van der Waals surface area contributed by atoms with E-state index in [0.29, 0.717) is 13.0 Å². The fourth-order valence-electron chi connectivity index (χ4n) is 2.11. The van der Waals surface area contributed by atoms with Gasteiger partial charge in [-0.2, -0.15) is 4.31 Å². The van der Waals surface area contributed by atoms with Crippen molar-refractivity contribution in [1.29, 1.82) is 0 Å². The van der Waals surface area contributed by atoms with Crippen molar-refractivity contribution >= 4 is 10.0 Å². The zero-order chi connectivity index (χ0) is 14.5. The van der Waals surface area contributed by atoms with Crippen molar-refractivity contribution in [3.05, 3.63) is 29.8 Å². The van der Waals surface area contributed by atoms with Gasteiger partial charge in [-0.25, -0.2) is 8.42 Å². The van der Waals surface area contributed by atoms with Crippen LogP contribution in [0.2, 0.25) is 0 Å². The third kappa shape index (κ3) is 4.21. The van der Waals surface area contributed by atoms with Crippen LogP contribution in [0, 0.1) is 0 Å². The quantitative estimate of drug-likeness (QED) is 0.838. The summed E-state index contributed by atoms with van der Waals surface area (Å²) in [5.41, 5.74) is 0.807. The summed E-state index contributed by atoms with van der Waals surface area (Å²) in [6.45, 7) is 6.10. The number of phenols is 1. The standard InChI is InChI=1S/C14H23NO3S/c1-4-6-10-19(17,18)15(5-2)12(3)13-8-7-9-14(16)11-13/h7-9,11-12,16H,4-6,10H2,1-3H3/t12-/m1/s1. The Kier molecular flexibility index (Phi) is 5.82. The lowest BCUT2D eigenvalue weighted by Crippen LogP contribution is -2.35. The van der Waals surface area contributed by atoms with E-state index in [0.717, 1.165) is 12.0 Å². The van der Waals surface area contributed by atoms with Gasteiger partial charge in [-0.15, -0.1) is 0 Å². The maximum absolute atomic E-state index is 12.3. The van der Waals surface area contributed by atoms with E-state index in [9.17, 15) is 13.5 Å². The first-order valence-electron chi connectivity index (χ1n) is 6.70. The van der Waals surface area contributed by atoms with E-state index in [1.54, 1.807) is 18.2 Å². The summed E-state index contributed by atoms with van der Waals surface area (Å²) in [6.07, 6.45) is 1.53. The van der Waals surface area contributed by atoms with Gasteiger partial charge in [-0.1, -0.05) is 32.4 Å². The lowest BCUT2D eigenvalue weighted by atomic mass is 10.1. The molecule has 1 aromatic carbocycles. The molecule has 0 unspecified atom stereocenters. The Labute approximate surface area is 116 Å². The van der Waals surface area contributed by atoms with Crippen LogP contribution in [0.4, 0.5) is 0 Å². The maximum atomic E-state index is 12.3. The molecule has 0 aromatic heterocycles. The molecule has 0 saturated heterocycles. The second-order valence-electron chi connectivity index (χ2n) is 4.64. The van der Waals surface area contributed by atoms with Gasteiger partial charge in [0.2, 0.25) is 10.0 Å². The van der Waals surface area contributed by atoms with Crippen molar-refractivity contribution in [2.75, 3.05) is 12.3 Å². The van der Waals surface area contributed by atoms with Crippen molar-refractivity contribution in [2.45, 2.75) is 39.7 Å². The van der Waals surface area contributed by atoms with Crippen molar-refractivity contribution in [2.24, 2.45) is 0 Å². The minimum Gasteiger partial charge on any atom is -0.508 e. The van der Waals surface area contributed by atoms with E-state index in [1.165, 1.54) is 4.31 Å². The maximum Gasteiger partial charge on any atom is 0.214 e. The SMILES string of the molecule is CCCCS(=O)(=O)N(CC)[C@H](C)c1cccc(O)c1. The van der Waals surface area contributed by atoms with Gasteiger partial charge in [0.1, 0.15) is 5.75 Å². The smallest absolute Gasteiger partial charge is 0.214 e. The molecular formula is C14H23NO3S. The number of hydrogen-bond donors (Lipinski definition) is 1. The topological polar surface area (TPSA) is 57.6 Å². The molecule has 19 heavy (non-hydrogen) atoms. The van der Waals surface area contributed by atoms with Crippen LogP contribution in [0.25, 0.3) is 0 Å². The summed E-state index contributed by atoms with van der Waals surface area (Å²) in [5, 5.41) is 9.49. The zero-order valence-corrected chi connectivity index (χ0v) is 12.7. The Morgan fingerprint density at radius 3 is 2.53 bits per heavy atom. The average molecular weight is 285 g/mol. The molecule has 0 aliphatic carbocycles. The molecular weight excluding hydrogens is 262 g/mol. The van der Waals surface area contributed by atoms with Crippen molar-refractivity contribution in [3.63, 3.8) is 0 Å². The highest BCUT2D eigenvalue weighted by molar-refractivity contribution is 7.89. The van der Waals surface area contributed by atoms with Crippen LogP contribution >= 0.6 is 0 Å². The number of hydrogen-bond acceptors (Lipinski definition) is 3. The van der Waals surface area contributed by atoms with Gasteiger partial charge in [0, 0.05) is 12.6 Å². The number of aromatic hydroxyl groups is 1. The summed E-state index contributed by atoms with van der Waals surface area (Å²) in [4.78, 5) is 0. The van der Waals surface area contributed by atoms with Crippen LogP contribution in [0.5, 0.6) is 5.75 Å². The Morgan fingerprint density at radius 1 is 1.32 bits per heavy atom. The molecule has 1 atom stereocenters. The Balaban J connectivity index is 2.96. The molecule has 0 radical (unpaired) electrons. The highest BCUT2D eigenvalue weighted by Crippen LogP contribution is 2.26. The largest absolute Gasteiger partial charge is 0.508 e. The lowest BCUT2D eigenvalue weighted by Gasteiger charge is -2.27. The van der Waals surface area contributed by atoms with Crippen LogP contribution in [0.15, 0.2) is 24.3 Å². The third-order valence-corrected chi connectivity index (χ3v) is 5.30. The fraction of sp³-hybridized carbons (Fsp3) is 0.571. The normalized spacial score (nSPS) is 13.7. The molecule has 0 saturated carbocycles. The molecule has 1 aromatic rings. The van der Waals surface area contributed by atoms with Crippen LogP contribution in [-0.4, -0.2) is 30.1 Å². The van der Waals surface area contributed by atoms with Crippen LogP contribution in [0.1, 0.15) is 45.2 Å². The number of phenolic OH excluding ortho intramolecular Hbond substituents is 1.